The van der Waals surface area contributed by atoms with E-state index >= 15 is 0 Å². The summed E-state index contributed by atoms with van der Waals surface area (Å²) in [4.78, 5) is 1.91. The molecule has 1 unspecified atom stereocenters. The SMILES string of the molecule is CC(N)CN(C)c1ccccc1S(N)(=O)=O. The summed E-state index contributed by atoms with van der Waals surface area (Å²) in [6.45, 7) is 2.42. The fraction of sp³-hybridized carbons (Fsp3) is 0.400. The van der Waals surface area contributed by atoms with Crippen LogP contribution >= 0.6 is 0 Å². The van der Waals surface area contributed by atoms with E-state index in [0.717, 1.165) is 0 Å². The highest BCUT2D eigenvalue weighted by molar-refractivity contribution is 7.89. The Morgan fingerprint density at radius 3 is 2.44 bits per heavy atom. The Labute approximate surface area is 96.1 Å². The summed E-state index contributed by atoms with van der Waals surface area (Å²) in [5, 5.41) is 5.14. The van der Waals surface area contributed by atoms with Gasteiger partial charge in [-0.1, -0.05) is 12.1 Å². The second-order valence-corrected chi connectivity index (χ2v) is 5.40. The average molecular weight is 243 g/mol. The molecule has 0 heterocycles. The highest BCUT2D eigenvalue weighted by Gasteiger charge is 2.16. The lowest BCUT2D eigenvalue weighted by molar-refractivity contribution is 0.597. The predicted molar refractivity (Wildman–Crippen MR) is 64.7 cm³/mol. The van der Waals surface area contributed by atoms with Crippen molar-refractivity contribution in [2.24, 2.45) is 10.9 Å². The van der Waals surface area contributed by atoms with Crippen LogP contribution in [0.25, 0.3) is 0 Å². The second kappa shape index (κ2) is 4.82. The van der Waals surface area contributed by atoms with Gasteiger partial charge in [0.05, 0.1) is 5.69 Å². The standard InChI is InChI=1S/C10H17N3O2S/c1-8(11)7-13(2)9-5-3-4-6-10(9)16(12,14)15/h3-6,8H,7,11H2,1-2H3,(H2,12,14,15). The summed E-state index contributed by atoms with van der Waals surface area (Å²) >= 11 is 0. The first-order valence-electron chi connectivity index (χ1n) is 4.91. The summed E-state index contributed by atoms with van der Waals surface area (Å²) in [5.41, 5.74) is 6.24. The van der Waals surface area contributed by atoms with E-state index in [9.17, 15) is 8.42 Å². The van der Waals surface area contributed by atoms with Crippen molar-refractivity contribution in [3.8, 4) is 0 Å². The van der Waals surface area contributed by atoms with Crippen LogP contribution < -0.4 is 15.8 Å². The van der Waals surface area contributed by atoms with Gasteiger partial charge in [-0.05, 0) is 19.1 Å². The largest absolute Gasteiger partial charge is 0.372 e. The van der Waals surface area contributed by atoms with Crippen molar-refractivity contribution in [1.82, 2.24) is 0 Å². The van der Waals surface area contributed by atoms with E-state index in [1.807, 2.05) is 6.92 Å². The molecule has 1 rings (SSSR count). The molecule has 1 atom stereocenters. The summed E-state index contributed by atoms with van der Waals surface area (Å²) in [5.74, 6) is 0. The first-order chi connectivity index (χ1) is 7.32. The molecule has 1 aromatic rings. The van der Waals surface area contributed by atoms with Gasteiger partial charge in [0.15, 0.2) is 0 Å². The van der Waals surface area contributed by atoms with Crippen LogP contribution in [0.2, 0.25) is 0 Å². The lowest BCUT2D eigenvalue weighted by atomic mass is 10.2. The molecule has 5 nitrogen and oxygen atoms in total. The van der Waals surface area contributed by atoms with Crippen molar-refractivity contribution in [2.45, 2.75) is 17.9 Å². The first-order valence-corrected chi connectivity index (χ1v) is 6.45. The maximum Gasteiger partial charge on any atom is 0.240 e. The van der Waals surface area contributed by atoms with Crippen LogP contribution in [0.1, 0.15) is 6.92 Å². The van der Waals surface area contributed by atoms with E-state index in [0.29, 0.717) is 12.2 Å². The van der Waals surface area contributed by atoms with Crippen LogP contribution in [0.5, 0.6) is 0 Å². The lowest BCUT2D eigenvalue weighted by Gasteiger charge is -2.23. The molecular formula is C10H17N3O2S. The van der Waals surface area contributed by atoms with Gasteiger partial charge in [0.25, 0.3) is 0 Å². The number of nitrogens with two attached hydrogens (primary N) is 2. The van der Waals surface area contributed by atoms with Crippen LogP contribution in [0.15, 0.2) is 29.2 Å². The van der Waals surface area contributed by atoms with Crippen LogP contribution in [0.4, 0.5) is 5.69 Å². The molecule has 4 N–H and O–H groups in total. The van der Waals surface area contributed by atoms with Gasteiger partial charge in [-0.2, -0.15) is 0 Å². The van der Waals surface area contributed by atoms with Gasteiger partial charge in [-0.3, -0.25) is 0 Å². The summed E-state index contributed by atoms with van der Waals surface area (Å²) in [6, 6.07) is 6.56. The number of likely N-dealkylation sites (N-methyl/N-ethyl adjacent to an activating group) is 1. The van der Waals surface area contributed by atoms with Crippen LogP contribution in [-0.2, 0) is 10.0 Å². The smallest absolute Gasteiger partial charge is 0.240 e. The monoisotopic (exact) mass is 243 g/mol. The van der Waals surface area contributed by atoms with Crippen molar-refractivity contribution in [3.05, 3.63) is 24.3 Å². The van der Waals surface area contributed by atoms with Crippen molar-refractivity contribution in [2.75, 3.05) is 18.5 Å². The Kier molecular flexibility index (Phi) is 3.90. The minimum Gasteiger partial charge on any atom is -0.372 e. The van der Waals surface area contributed by atoms with Crippen molar-refractivity contribution >= 4 is 15.7 Å². The summed E-state index contributed by atoms with van der Waals surface area (Å²) < 4.78 is 22.7. The molecule has 0 fully saturated rings. The number of anilines is 1. The number of hydrogen-bond acceptors (Lipinski definition) is 4. The fourth-order valence-corrected chi connectivity index (χ4v) is 2.33. The zero-order valence-corrected chi connectivity index (χ0v) is 10.2. The highest BCUT2D eigenvalue weighted by atomic mass is 32.2. The number of nitrogens with zero attached hydrogens (tertiary/aromatic N) is 1. The maximum atomic E-state index is 11.4. The Hall–Kier alpha value is -1.11. The van der Waals surface area contributed by atoms with E-state index in [1.165, 1.54) is 6.07 Å². The van der Waals surface area contributed by atoms with E-state index in [4.69, 9.17) is 10.9 Å². The third-order valence-electron chi connectivity index (χ3n) is 2.14. The molecule has 6 heteroatoms. The molecule has 0 radical (unpaired) electrons. The predicted octanol–water partition coefficient (Wildman–Crippen LogP) is 0.117. The van der Waals surface area contributed by atoms with Crippen LogP contribution in [0, 0.1) is 0 Å². The van der Waals surface area contributed by atoms with E-state index in [1.54, 1.807) is 30.1 Å². The molecule has 0 saturated carbocycles. The van der Waals surface area contributed by atoms with Gasteiger partial charge in [0.2, 0.25) is 10.0 Å². The van der Waals surface area contributed by atoms with Gasteiger partial charge in [-0.25, -0.2) is 13.6 Å². The van der Waals surface area contributed by atoms with Crippen molar-refractivity contribution in [3.63, 3.8) is 0 Å². The molecule has 0 saturated heterocycles. The molecule has 0 aliphatic rings. The van der Waals surface area contributed by atoms with Gasteiger partial charge >= 0.3 is 0 Å². The fourth-order valence-electron chi connectivity index (χ4n) is 1.54. The quantitative estimate of drug-likeness (QED) is 0.786. The van der Waals surface area contributed by atoms with Crippen molar-refractivity contribution in [1.29, 1.82) is 0 Å². The molecule has 0 aliphatic carbocycles. The minimum atomic E-state index is -3.70. The molecule has 0 spiro atoms. The van der Waals surface area contributed by atoms with Crippen LogP contribution in [0.3, 0.4) is 0 Å². The van der Waals surface area contributed by atoms with Gasteiger partial charge in [0, 0.05) is 19.6 Å². The number of hydrogen-bond donors (Lipinski definition) is 2. The maximum absolute atomic E-state index is 11.4. The van der Waals surface area contributed by atoms with Crippen LogP contribution in [-0.4, -0.2) is 28.1 Å². The molecule has 0 amide bonds. The van der Waals surface area contributed by atoms with Gasteiger partial charge in [0.1, 0.15) is 4.90 Å². The number of sulfonamides is 1. The minimum absolute atomic E-state index is 0.0430. The van der Waals surface area contributed by atoms with E-state index < -0.39 is 10.0 Å². The molecule has 90 valence electrons. The van der Waals surface area contributed by atoms with E-state index in [2.05, 4.69) is 0 Å². The highest BCUT2D eigenvalue weighted by Crippen LogP contribution is 2.22. The Bertz CT molecular complexity index is 457. The summed E-state index contributed by atoms with van der Waals surface area (Å²) in [6.07, 6.45) is 0. The third-order valence-corrected chi connectivity index (χ3v) is 3.10. The number of primary sulfonamides is 1. The third kappa shape index (κ3) is 3.19. The lowest BCUT2D eigenvalue weighted by Crippen LogP contribution is -2.33. The van der Waals surface area contributed by atoms with Gasteiger partial charge < -0.3 is 10.6 Å². The summed E-state index contributed by atoms with van der Waals surface area (Å²) in [7, 11) is -1.91. The van der Waals surface area contributed by atoms with Crippen molar-refractivity contribution < 1.29 is 8.42 Å². The molecule has 0 aromatic heterocycles. The van der Waals surface area contributed by atoms with Gasteiger partial charge in [-0.15, -0.1) is 0 Å². The Morgan fingerprint density at radius 1 is 1.38 bits per heavy atom. The zero-order valence-electron chi connectivity index (χ0n) is 9.42. The molecule has 0 bridgehead atoms. The normalized spacial score (nSPS) is 13.5. The molecule has 16 heavy (non-hydrogen) atoms. The Morgan fingerprint density at radius 2 is 1.94 bits per heavy atom. The number of benzene rings is 1. The number of para-hydroxylation sites is 1. The second-order valence-electron chi connectivity index (χ2n) is 3.87. The molecule has 1 aromatic carbocycles. The molecule has 0 aliphatic heterocycles. The molecular weight excluding hydrogens is 226 g/mol. The Balaban J connectivity index is 3.14. The first kappa shape index (κ1) is 13.0. The topological polar surface area (TPSA) is 89.4 Å². The average Bonchev–Trinajstić information content (AvgIpc) is 2.15. The number of rotatable bonds is 4. The van der Waals surface area contributed by atoms with E-state index in [-0.39, 0.29) is 10.9 Å². The zero-order chi connectivity index (χ0) is 12.3.